The molecule has 0 saturated carbocycles. The third-order valence-corrected chi connectivity index (χ3v) is 4.01. The van der Waals surface area contributed by atoms with Crippen LogP contribution >= 0.6 is 0 Å². The highest BCUT2D eigenvalue weighted by Gasteiger charge is 2.15. The largest absolute Gasteiger partial charge is 0.466 e. The van der Waals surface area contributed by atoms with Crippen LogP contribution in [0.3, 0.4) is 0 Å². The molecule has 2 rings (SSSR count). The number of nitro benzene ring substituents is 1. The number of aromatic nitrogens is 1. The summed E-state index contributed by atoms with van der Waals surface area (Å²) in [5, 5.41) is 10.7. The molecule has 1 aromatic carbocycles. The van der Waals surface area contributed by atoms with Gasteiger partial charge in [-0.25, -0.2) is 0 Å². The van der Waals surface area contributed by atoms with Crippen LogP contribution in [0.25, 0.3) is 0 Å². The average molecular weight is 358 g/mol. The molecule has 7 nitrogen and oxygen atoms in total. The van der Waals surface area contributed by atoms with E-state index in [9.17, 15) is 19.7 Å². The summed E-state index contributed by atoms with van der Waals surface area (Å²) in [5.74, 6) is -0.446. The zero-order chi connectivity index (χ0) is 19.1. The number of carbonyl (C=O) groups is 2. The minimum Gasteiger partial charge on any atom is -0.466 e. The molecule has 0 aliphatic heterocycles. The molecule has 0 atom stereocenters. The lowest BCUT2D eigenvalue weighted by atomic mass is 10.1. The third-order valence-electron chi connectivity index (χ3n) is 4.01. The number of ether oxygens (including phenoxy) is 1. The molecule has 0 amide bonds. The first kappa shape index (κ1) is 19.4. The zero-order valence-electron chi connectivity index (χ0n) is 14.9. The van der Waals surface area contributed by atoms with Gasteiger partial charge in [0.15, 0.2) is 0 Å². The lowest BCUT2D eigenvalue weighted by molar-refractivity contribution is -0.384. The highest BCUT2D eigenvalue weighted by atomic mass is 16.6. The van der Waals surface area contributed by atoms with Gasteiger partial charge in [0.2, 0.25) is 0 Å². The SMILES string of the molecule is CCOC(=O)CCCc1cc(CC)n(C(=O)c2ccc([N+](=O)[O-])cc2)c1. The fraction of sp³-hybridized carbons (Fsp3) is 0.368. The molecule has 26 heavy (non-hydrogen) atoms. The minimum atomic E-state index is -0.497. The van der Waals surface area contributed by atoms with Crippen LogP contribution in [0.5, 0.6) is 0 Å². The van der Waals surface area contributed by atoms with Crippen LogP contribution in [-0.2, 0) is 22.4 Å². The van der Waals surface area contributed by atoms with Crippen LogP contribution in [0.2, 0.25) is 0 Å². The van der Waals surface area contributed by atoms with E-state index in [4.69, 9.17) is 4.74 Å². The standard InChI is InChI=1S/C19H22N2O5/c1-3-16-12-14(6-5-7-18(22)26-4-2)13-20(16)19(23)15-8-10-17(11-9-15)21(24)25/h8-13H,3-7H2,1-2H3. The summed E-state index contributed by atoms with van der Waals surface area (Å²) in [7, 11) is 0. The molecule has 0 saturated heterocycles. The molecule has 1 aromatic heterocycles. The number of rotatable bonds is 8. The van der Waals surface area contributed by atoms with Gasteiger partial charge in [0, 0.05) is 36.0 Å². The Bertz CT molecular complexity index is 793. The lowest BCUT2D eigenvalue weighted by Crippen LogP contribution is -2.13. The van der Waals surface area contributed by atoms with Crippen LogP contribution in [0.1, 0.15) is 48.3 Å². The van der Waals surface area contributed by atoms with E-state index in [0.29, 0.717) is 37.9 Å². The minimum absolute atomic E-state index is 0.0515. The molecule has 0 aliphatic carbocycles. The van der Waals surface area contributed by atoms with Crippen molar-refractivity contribution in [3.63, 3.8) is 0 Å². The van der Waals surface area contributed by atoms with Gasteiger partial charge < -0.3 is 4.74 Å². The average Bonchev–Trinajstić information content (AvgIpc) is 3.04. The monoisotopic (exact) mass is 358 g/mol. The molecule has 2 aromatic rings. The Balaban J connectivity index is 2.10. The highest BCUT2D eigenvalue weighted by molar-refractivity contribution is 5.96. The second-order valence-electron chi connectivity index (χ2n) is 5.83. The molecule has 0 radical (unpaired) electrons. The smallest absolute Gasteiger partial charge is 0.305 e. The molecule has 0 fully saturated rings. The molecule has 0 unspecified atom stereocenters. The summed E-state index contributed by atoms with van der Waals surface area (Å²) in [4.78, 5) is 34.3. The molecule has 0 aliphatic rings. The topological polar surface area (TPSA) is 91.4 Å². The Hall–Kier alpha value is -2.96. The molecule has 0 bridgehead atoms. The Morgan fingerprint density at radius 3 is 2.46 bits per heavy atom. The van der Waals surface area contributed by atoms with Crippen LogP contribution in [-0.4, -0.2) is 28.0 Å². The van der Waals surface area contributed by atoms with Crippen molar-refractivity contribution in [2.45, 2.75) is 39.5 Å². The Morgan fingerprint density at radius 1 is 1.19 bits per heavy atom. The highest BCUT2D eigenvalue weighted by Crippen LogP contribution is 2.17. The fourth-order valence-electron chi connectivity index (χ4n) is 2.70. The maximum atomic E-state index is 12.7. The van der Waals surface area contributed by atoms with Crippen molar-refractivity contribution in [2.75, 3.05) is 6.61 Å². The maximum Gasteiger partial charge on any atom is 0.305 e. The number of nitrogens with zero attached hydrogens (tertiary/aromatic N) is 2. The van der Waals surface area contributed by atoms with Gasteiger partial charge in [-0.2, -0.15) is 0 Å². The molecule has 1 heterocycles. The lowest BCUT2D eigenvalue weighted by Gasteiger charge is -2.06. The second-order valence-corrected chi connectivity index (χ2v) is 5.83. The van der Waals surface area contributed by atoms with Crippen molar-refractivity contribution in [3.8, 4) is 0 Å². The van der Waals surface area contributed by atoms with Gasteiger partial charge >= 0.3 is 5.97 Å². The Kier molecular flexibility index (Phi) is 6.66. The zero-order valence-corrected chi connectivity index (χ0v) is 14.9. The van der Waals surface area contributed by atoms with Crippen molar-refractivity contribution in [1.82, 2.24) is 4.57 Å². The summed E-state index contributed by atoms with van der Waals surface area (Å²) in [5.41, 5.74) is 2.17. The van der Waals surface area contributed by atoms with E-state index in [-0.39, 0.29) is 17.6 Å². The van der Waals surface area contributed by atoms with Crippen molar-refractivity contribution in [1.29, 1.82) is 0 Å². The van der Waals surface area contributed by atoms with Crippen LogP contribution in [0, 0.1) is 10.1 Å². The van der Waals surface area contributed by atoms with Crippen molar-refractivity contribution in [2.24, 2.45) is 0 Å². The van der Waals surface area contributed by atoms with E-state index in [2.05, 4.69) is 0 Å². The maximum absolute atomic E-state index is 12.7. The summed E-state index contributed by atoms with van der Waals surface area (Å²) in [6.45, 7) is 4.10. The van der Waals surface area contributed by atoms with Crippen LogP contribution < -0.4 is 0 Å². The number of non-ortho nitro benzene ring substituents is 1. The summed E-state index contributed by atoms with van der Waals surface area (Å²) in [6, 6.07) is 7.51. The number of nitro groups is 1. The van der Waals surface area contributed by atoms with E-state index in [1.54, 1.807) is 17.7 Å². The predicted octanol–water partition coefficient (Wildman–Crippen LogP) is 3.53. The van der Waals surface area contributed by atoms with Crippen LogP contribution in [0.15, 0.2) is 36.5 Å². The van der Waals surface area contributed by atoms with Gasteiger partial charge in [-0.3, -0.25) is 24.3 Å². The number of carbonyl (C=O) groups excluding carboxylic acids is 2. The molecule has 7 heteroatoms. The summed E-state index contributed by atoms with van der Waals surface area (Å²) in [6.07, 6.45) is 4.12. The van der Waals surface area contributed by atoms with Crippen molar-refractivity contribution >= 4 is 17.6 Å². The van der Waals surface area contributed by atoms with Gasteiger partial charge in [-0.05, 0) is 49.9 Å². The fourth-order valence-corrected chi connectivity index (χ4v) is 2.70. The normalized spacial score (nSPS) is 10.5. The number of esters is 1. The third kappa shape index (κ3) is 4.78. The first-order valence-corrected chi connectivity index (χ1v) is 8.61. The summed E-state index contributed by atoms with van der Waals surface area (Å²) >= 11 is 0. The van der Waals surface area contributed by atoms with E-state index < -0.39 is 4.92 Å². The molecule has 138 valence electrons. The molecule has 0 N–H and O–H groups in total. The number of hydrogen-bond acceptors (Lipinski definition) is 5. The van der Waals surface area contributed by atoms with Gasteiger partial charge in [0.05, 0.1) is 11.5 Å². The predicted molar refractivity (Wildman–Crippen MR) is 96.2 cm³/mol. The van der Waals surface area contributed by atoms with Gasteiger partial charge in [0.1, 0.15) is 0 Å². The van der Waals surface area contributed by atoms with E-state index in [0.717, 1.165) is 11.3 Å². The summed E-state index contributed by atoms with van der Waals surface area (Å²) < 4.78 is 6.48. The van der Waals surface area contributed by atoms with E-state index in [1.165, 1.54) is 24.3 Å². The van der Waals surface area contributed by atoms with Gasteiger partial charge in [0.25, 0.3) is 11.6 Å². The second kappa shape index (κ2) is 8.94. The first-order valence-electron chi connectivity index (χ1n) is 8.61. The number of aryl methyl sites for hydroxylation is 2. The van der Waals surface area contributed by atoms with Crippen molar-refractivity contribution < 1.29 is 19.2 Å². The molecular formula is C19H22N2O5. The first-order chi connectivity index (χ1) is 12.5. The van der Waals surface area contributed by atoms with E-state index in [1.807, 2.05) is 13.0 Å². The Morgan fingerprint density at radius 2 is 1.88 bits per heavy atom. The van der Waals surface area contributed by atoms with Gasteiger partial charge in [-0.15, -0.1) is 0 Å². The number of hydrogen-bond donors (Lipinski definition) is 0. The Labute approximate surface area is 151 Å². The van der Waals surface area contributed by atoms with Crippen LogP contribution in [0.4, 0.5) is 5.69 Å². The number of benzene rings is 1. The molecular weight excluding hydrogens is 336 g/mol. The van der Waals surface area contributed by atoms with E-state index >= 15 is 0 Å². The van der Waals surface area contributed by atoms with Crippen molar-refractivity contribution in [3.05, 3.63) is 63.5 Å². The van der Waals surface area contributed by atoms with Gasteiger partial charge in [-0.1, -0.05) is 6.92 Å². The quantitative estimate of drug-likeness (QED) is 0.409. The molecule has 0 spiro atoms.